The maximum Gasteiger partial charge on any atom is 0.312 e. The van der Waals surface area contributed by atoms with Crippen LogP contribution in [0.1, 0.15) is 124 Å². The van der Waals surface area contributed by atoms with E-state index in [4.69, 9.17) is 13.9 Å². The third kappa shape index (κ3) is 11.1. The molecule has 4 N–H and O–H groups in total. The Morgan fingerprint density at radius 2 is 1.75 bits per heavy atom. The number of H-pyrrole nitrogens is 1. The summed E-state index contributed by atoms with van der Waals surface area (Å²) in [5.74, 6) is 0.496. The Kier molecular flexibility index (Phi) is 14.9. The summed E-state index contributed by atoms with van der Waals surface area (Å²) in [7, 11) is -3.04. The van der Waals surface area contributed by atoms with Crippen molar-refractivity contribution in [2.75, 3.05) is 50.1 Å². The number of carbonyl (C=O) groups excluding carboxylic acids is 1. The minimum atomic E-state index is -4.72. The number of piperidine rings is 1. The van der Waals surface area contributed by atoms with Gasteiger partial charge in [-0.1, -0.05) is 44.2 Å². The molecule has 2 saturated heterocycles. The number of aromatic nitrogens is 3. The number of sulfonamides is 1. The number of nitrogens with one attached hydrogen (secondary N) is 3. The summed E-state index contributed by atoms with van der Waals surface area (Å²) in [4.78, 5) is 43.9. The van der Waals surface area contributed by atoms with Gasteiger partial charge in [0.25, 0.3) is 15.9 Å². The SMILES string of the molecule is COc1ccc(CN2C[C@@H](c3ccccc3C(C)C)N(C3CC4(CCN(c5ccc(C(=O)NS(=O)(=O)c6cnc(NCC7CCC(C)(O)CC7)c([N+](=O)[O-])c6)c(Oc6cnc7[nH]cc(F)c7c6)c5)CC4)C3)C[C@H]2C)c2cc(C)oc12. The van der Waals surface area contributed by atoms with E-state index < -0.39 is 42.9 Å². The van der Waals surface area contributed by atoms with Crippen molar-refractivity contribution in [1.29, 1.82) is 0 Å². The van der Waals surface area contributed by atoms with Gasteiger partial charge in [-0.25, -0.2) is 27.5 Å². The van der Waals surface area contributed by atoms with Crippen LogP contribution in [0, 0.1) is 34.2 Å². The zero-order valence-electron chi connectivity index (χ0n) is 46.1. The second-order valence-corrected chi connectivity index (χ2v) is 25.1. The Morgan fingerprint density at radius 3 is 2.49 bits per heavy atom. The summed E-state index contributed by atoms with van der Waals surface area (Å²) in [6.45, 7) is 15.1. The number of anilines is 2. The van der Waals surface area contributed by atoms with Gasteiger partial charge in [0.15, 0.2) is 11.3 Å². The number of hydrogen-bond donors (Lipinski definition) is 4. The second-order valence-electron chi connectivity index (χ2n) is 23.4. The molecule has 2 saturated carbocycles. The number of aromatic amines is 1. The standard InChI is InChI=1S/C60H70FN9O9S/c1-36(2)45-9-7-8-10-46(45)52-35-68(34-40-11-14-53(77-6)55-48(40)23-38(4)78-55)37(3)33-69(52)42-27-60(28-42)19-21-67(22-20-60)41-12-13-47(54(24-41)79-43-25-49-50(61)32-65-56(49)63-30-43)58(71)66-80(75,76)44-26-51(70(73)74)57(64-31-44)62-29-39-15-17-59(5,72)18-16-39/h7-14,23-26,30-32,36-37,39,42,52,72H,15-22,27-29,33-35H2,1-6H3,(H,62,64)(H,63,65)(H,66,71)/t37-,39?,52+,59?/m1/s1. The fourth-order valence-electron chi connectivity index (χ4n) is 12.9. The highest BCUT2D eigenvalue weighted by Gasteiger charge is 2.51. The molecule has 0 unspecified atom stereocenters. The number of nitrogens with zero attached hydrogens (tertiary/aromatic N) is 6. The number of halogens is 1. The summed E-state index contributed by atoms with van der Waals surface area (Å²) in [5.41, 5.74) is 4.51. The molecule has 11 rings (SSSR count). The molecule has 4 aliphatic rings. The van der Waals surface area contributed by atoms with Gasteiger partial charge in [0, 0.05) is 86.8 Å². The van der Waals surface area contributed by atoms with Crippen LogP contribution in [0.5, 0.6) is 17.2 Å². The van der Waals surface area contributed by atoms with Gasteiger partial charge in [-0.05, 0) is 136 Å². The molecule has 0 radical (unpaired) electrons. The molecular formula is C60H70FN9O9S. The third-order valence-corrected chi connectivity index (χ3v) is 18.8. The summed E-state index contributed by atoms with van der Waals surface area (Å²) in [6.07, 6.45) is 10.2. The lowest BCUT2D eigenvalue weighted by Gasteiger charge is -2.59. The molecule has 80 heavy (non-hydrogen) atoms. The maximum atomic E-state index is 14.8. The van der Waals surface area contributed by atoms with Crippen LogP contribution in [0.2, 0.25) is 0 Å². The Bertz CT molecular complexity index is 3580. The minimum absolute atomic E-state index is 0.00133. The summed E-state index contributed by atoms with van der Waals surface area (Å²) < 4.78 is 62.7. The van der Waals surface area contributed by atoms with E-state index in [-0.39, 0.29) is 45.6 Å². The summed E-state index contributed by atoms with van der Waals surface area (Å²) >= 11 is 0. The number of hydrogen-bond acceptors (Lipinski definition) is 15. The van der Waals surface area contributed by atoms with E-state index in [1.54, 1.807) is 26.2 Å². The molecular weight excluding hydrogens is 1040 g/mol. The zero-order valence-corrected chi connectivity index (χ0v) is 46.9. The topological polar surface area (TPSA) is 222 Å². The highest BCUT2D eigenvalue weighted by atomic mass is 32.2. The van der Waals surface area contributed by atoms with E-state index in [1.165, 1.54) is 41.2 Å². The number of pyridine rings is 2. The molecule has 1 spiro atoms. The van der Waals surface area contributed by atoms with Crippen molar-refractivity contribution in [3.05, 3.63) is 135 Å². The van der Waals surface area contributed by atoms with Gasteiger partial charge in [0.05, 0.1) is 41.0 Å². The lowest BCUT2D eigenvalue weighted by molar-refractivity contribution is -0.384. The van der Waals surface area contributed by atoms with Crippen LogP contribution in [0.3, 0.4) is 0 Å². The van der Waals surface area contributed by atoms with E-state index >= 15 is 0 Å². The number of aryl methyl sites for hydroxylation is 1. The number of rotatable bonds is 16. The van der Waals surface area contributed by atoms with Gasteiger partial charge in [-0.2, -0.15) is 0 Å². The number of benzene rings is 3. The van der Waals surface area contributed by atoms with Crippen LogP contribution in [0.25, 0.3) is 22.0 Å². The second kappa shape index (κ2) is 21.7. The number of furan rings is 1. The van der Waals surface area contributed by atoms with Crippen LogP contribution >= 0.6 is 0 Å². The molecule has 18 nitrogen and oxygen atoms in total. The third-order valence-electron chi connectivity index (χ3n) is 17.5. The normalized spacial score (nSPS) is 22.0. The van der Waals surface area contributed by atoms with Crippen molar-refractivity contribution in [2.45, 2.75) is 127 Å². The molecule has 7 aromatic rings. The largest absolute Gasteiger partial charge is 0.493 e. The van der Waals surface area contributed by atoms with Gasteiger partial charge < -0.3 is 34.2 Å². The summed E-state index contributed by atoms with van der Waals surface area (Å²) in [5, 5.41) is 26.8. The fraction of sp³-hybridized carbons (Fsp3) is 0.450. The van der Waals surface area contributed by atoms with Crippen LogP contribution in [0.15, 0.2) is 101 Å². The molecule has 20 heteroatoms. The molecule has 422 valence electrons. The van der Waals surface area contributed by atoms with Crippen molar-refractivity contribution in [2.24, 2.45) is 11.3 Å². The fourth-order valence-corrected chi connectivity index (χ4v) is 13.8. The Labute approximate surface area is 465 Å². The molecule has 2 atom stereocenters. The van der Waals surface area contributed by atoms with Gasteiger partial charge >= 0.3 is 5.69 Å². The first-order chi connectivity index (χ1) is 38.3. The molecule has 2 aliphatic carbocycles. The number of fused-ring (bicyclic) bond motifs is 2. The minimum Gasteiger partial charge on any atom is -0.493 e. The van der Waals surface area contributed by atoms with Crippen LogP contribution in [-0.4, -0.2) is 107 Å². The Balaban J connectivity index is 0.797. The quantitative estimate of drug-likeness (QED) is 0.0522. The predicted molar refractivity (Wildman–Crippen MR) is 303 cm³/mol. The average molecular weight is 1110 g/mol. The van der Waals surface area contributed by atoms with E-state index in [2.05, 4.69) is 96.9 Å². The number of ether oxygens (including phenoxy) is 2. The number of carbonyl (C=O) groups is 1. The van der Waals surface area contributed by atoms with Crippen molar-refractivity contribution < 1.29 is 41.5 Å². The van der Waals surface area contributed by atoms with E-state index in [0.29, 0.717) is 55.9 Å². The first-order valence-electron chi connectivity index (χ1n) is 27.8. The van der Waals surface area contributed by atoms with Crippen LogP contribution in [0.4, 0.5) is 21.6 Å². The highest BCUT2D eigenvalue weighted by Crippen LogP contribution is 2.54. The summed E-state index contributed by atoms with van der Waals surface area (Å²) in [6, 6.07) is 23.4. The highest BCUT2D eigenvalue weighted by molar-refractivity contribution is 7.90. The average Bonchev–Trinajstić information content (AvgIpc) is 4.08. The van der Waals surface area contributed by atoms with Gasteiger partial charge in [0.1, 0.15) is 33.6 Å². The molecule has 0 bridgehead atoms. The molecule has 6 heterocycles. The van der Waals surface area contributed by atoms with Crippen molar-refractivity contribution in [1.82, 2.24) is 29.5 Å². The predicted octanol–water partition coefficient (Wildman–Crippen LogP) is 11.2. The molecule has 1 amide bonds. The van der Waals surface area contributed by atoms with Gasteiger partial charge in [-0.3, -0.25) is 24.7 Å². The number of piperazine rings is 1. The molecule has 2 aliphatic heterocycles. The molecule has 4 fully saturated rings. The number of methoxy groups -OCH3 is 1. The lowest BCUT2D eigenvalue weighted by Crippen LogP contribution is -2.61. The van der Waals surface area contributed by atoms with E-state index in [9.17, 15) is 32.8 Å². The number of amides is 1. The first-order valence-corrected chi connectivity index (χ1v) is 29.3. The lowest BCUT2D eigenvalue weighted by atomic mass is 9.59. The first kappa shape index (κ1) is 54.8. The number of nitro groups is 1. The monoisotopic (exact) mass is 1110 g/mol. The van der Waals surface area contributed by atoms with Crippen molar-refractivity contribution in [3.8, 4) is 17.2 Å². The molecule has 4 aromatic heterocycles. The molecule has 3 aromatic carbocycles. The number of aliphatic hydroxyl groups is 1. The maximum absolute atomic E-state index is 14.8. The zero-order chi connectivity index (χ0) is 56.3. The van der Waals surface area contributed by atoms with Gasteiger partial charge in [0.2, 0.25) is 5.82 Å². The van der Waals surface area contributed by atoms with Crippen LogP contribution in [-0.2, 0) is 16.6 Å². The van der Waals surface area contributed by atoms with E-state index in [0.717, 1.165) is 98.8 Å². The van der Waals surface area contributed by atoms with Crippen molar-refractivity contribution >= 4 is 55.1 Å². The van der Waals surface area contributed by atoms with E-state index in [1.807, 2.05) is 13.0 Å². The van der Waals surface area contributed by atoms with Gasteiger partial charge in [-0.15, -0.1) is 0 Å². The smallest absolute Gasteiger partial charge is 0.312 e. The Morgan fingerprint density at radius 1 is 0.988 bits per heavy atom. The van der Waals surface area contributed by atoms with Crippen molar-refractivity contribution in [3.63, 3.8) is 0 Å². The van der Waals surface area contributed by atoms with Crippen LogP contribution < -0.4 is 24.4 Å². The Hall–Kier alpha value is -7.13.